The Labute approximate surface area is 323 Å². The molecule has 3 N–H and O–H groups in total. The molecule has 4 amide bonds. The van der Waals surface area contributed by atoms with E-state index in [0.29, 0.717) is 34.3 Å². The van der Waals surface area contributed by atoms with Crippen molar-refractivity contribution in [1.82, 2.24) is 34.3 Å². The van der Waals surface area contributed by atoms with Crippen LogP contribution in [0.3, 0.4) is 0 Å². The third-order valence-corrected chi connectivity index (χ3v) is 11.1. The normalized spacial score (nSPS) is 17.0. The van der Waals surface area contributed by atoms with E-state index in [2.05, 4.69) is 20.2 Å². The van der Waals surface area contributed by atoms with Gasteiger partial charge in [-0.25, -0.2) is 27.1 Å². The van der Waals surface area contributed by atoms with Gasteiger partial charge in [0, 0.05) is 68.4 Å². The second kappa shape index (κ2) is 14.6. The number of hydrogen-bond donors (Lipinski definition) is 3. The van der Waals surface area contributed by atoms with Crippen LogP contribution in [0.1, 0.15) is 23.5 Å². The highest BCUT2D eigenvalue weighted by molar-refractivity contribution is 7.88. The molecule has 0 spiro atoms. The molecule has 0 aliphatic heterocycles. The van der Waals surface area contributed by atoms with E-state index in [1.165, 1.54) is 19.0 Å². The number of benzene rings is 4. The molecule has 296 valence electrons. The van der Waals surface area contributed by atoms with Crippen molar-refractivity contribution in [2.45, 2.75) is 30.3 Å². The number of carbonyl (C=O) groups excluding carboxylic acids is 3. The fraction of sp³-hybridized carbons (Fsp3) is 0.237. The molecule has 1 aliphatic carbocycles. The first-order valence-electron chi connectivity index (χ1n) is 17.4. The predicted molar refractivity (Wildman–Crippen MR) is 202 cm³/mol. The Morgan fingerprint density at radius 3 is 1.84 bits per heavy atom. The lowest BCUT2D eigenvalue weighted by Gasteiger charge is -2.27. The van der Waals surface area contributed by atoms with Gasteiger partial charge in [0.05, 0.1) is 23.4 Å². The fourth-order valence-electron chi connectivity index (χ4n) is 7.08. The highest BCUT2D eigenvalue weighted by atomic mass is 32.2. The SMILES string of the molecule is CN(C(=O)[C@H](Cc1cc(F)cc(F)c1)NS(=O)(=O)NC(=O)N[C@@]1(C(=O)N(C)c2ccc3c(cnn3C)c2)CC1c1cc(F)cc(F)c1)c1ccc2c(cnn2C)c1. The molecular formula is C38H35F4N9O5S. The average Bonchev–Trinajstić information content (AvgIpc) is 3.57. The topological polar surface area (TPSA) is 164 Å². The lowest BCUT2D eigenvalue weighted by molar-refractivity contribution is -0.121. The Bertz CT molecular complexity index is 2670. The Morgan fingerprint density at radius 2 is 1.30 bits per heavy atom. The third kappa shape index (κ3) is 7.88. The Kier molecular flexibility index (Phi) is 9.99. The van der Waals surface area contributed by atoms with E-state index in [1.807, 2.05) is 0 Å². The molecule has 19 heteroatoms. The van der Waals surface area contributed by atoms with Crippen molar-refractivity contribution >= 4 is 61.2 Å². The van der Waals surface area contributed by atoms with Crippen LogP contribution < -0.4 is 24.6 Å². The Hall–Kier alpha value is -6.34. The number of amides is 4. The molecule has 0 radical (unpaired) electrons. The van der Waals surface area contributed by atoms with Crippen molar-refractivity contribution in [3.63, 3.8) is 0 Å². The molecule has 7 rings (SSSR count). The number of rotatable bonds is 11. The van der Waals surface area contributed by atoms with Gasteiger partial charge in [-0.3, -0.25) is 19.0 Å². The van der Waals surface area contributed by atoms with Gasteiger partial charge >= 0.3 is 16.2 Å². The number of nitrogens with zero attached hydrogens (tertiary/aromatic N) is 6. The smallest absolute Gasteiger partial charge is 0.322 e. The molecule has 2 aromatic heterocycles. The largest absolute Gasteiger partial charge is 0.330 e. The first-order chi connectivity index (χ1) is 26.9. The lowest BCUT2D eigenvalue weighted by atomic mass is 10.0. The zero-order valence-corrected chi connectivity index (χ0v) is 31.6. The lowest BCUT2D eigenvalue weighted by Crippen LogP contribution is -2.58. The van der Waals surface area contributed by atoms with Gasteiger partial charge in [0.25, 0.3) is 5.91 Å². The van der Waals surface area contributed by atoms with Crippen LogP contribution >= 0.6 is 0 Å². The number of halogens is 4. The average molecular weight is 806 g/mol. The van der Waals surface area contributed by atoms with Gasteiger partial charge in [0.1, 0.15) is 34.8 Å². The van der Waals surface area contributed by atoms with E-state index in [4.69, 9.17) is 0 Å². The van der Waals surface area contributed by atoms with Crippen LogP contribution in [0.5, 0.6) is 0 Å². The first kappa shape index (κ1) is 38.9. The van der Waals surface area contributed by atoms with Crippen molar-refractivity contribution in [2.24, 2.45) is 14.1 Å². The maximum atomic E-state index is 14.3. The molecule has 0 bridgehead atoms. The number of hydrogen-bond acceptors (Lipinski definition) is 7. The van der Waals surface area contributed by atoms with Gasteiger partial charge < -0.3 is 15.1 Å². The summed E-state index contributed by atoms with van der Waals surface area (Å²) < 4.78 is 91.4. The molecule has 3 atom stereocenters. The van der Waals surface area contributed by atoms with E-state index >= 15 is 0 Å². The number of nitrogens with one attached hydrogen (secondary N) is 3. The first-order valence-corrected chi connectivity index (χ1v) is 18.8. The summed E-state index contributed by atoms with van der Waals surface area (Å²) in [4.78, 5) is 44.1. The minimum Gasteiger partial charge on any atom is -0.322 e. The molecule has 1 fully saturated rings. The van der Waals surface area contributed by atoms with Crippen LogP contribution in [0.4, 0.5) is 33.7 Å². The number of fused-ring (bicyclic) bond motifs is 2. The van der Waals surface area contributed by atoms with Gasteiger partial charge in [0.2, 0.25) is 5.91 Å². The maximum Gasteiger partial charge on any atom is 0.330 e. The molecular weight excluding hydrogens is 771 g/mol. The number of carbonyl (C=O) groups is 3. The minimum atomic E-state index is -4.99. The molecule has 0 saturated heterocycles. The quantitative estimate of drug-likeness (QED) is 0.164. The summed E-state index contributed by atoms with van der Waals surface area (Å²) in [6.07, 6.45) is 2.45. The minimum absolute atomic E-state index is 0.0405. The van der Waals surface area contributed by atoms with E-state index in [1.54, 1.807) is 77.0 Å². The molecule has 57 heavy (non-hydrogen) atoms. The molecule has 4 aromatic carbocycles. The van der Waals surface area contributed by atoms with Gasteiger partial charge in [-0.2, -0.15) is 23.3 Å². The molecule has 1 aliphatic rings. The van der Waals surface area contributed by atoms with Crippen LogP contribution in [0.25, 0.3) is 21.8 Å². The van der Waals surface area contributed by atoms with Crippen LogP contribution in [0.2, 0.25) is 0 Å². The standard InChI is InChI=1S/C38H35F4N9O5S/c1-48(29-5-7-33-23(14-29)19-43-50(33)3)35(52)32(11-21-9-25(39)16-26(40)10-21)46-57(55,56)47-37(54)45-38(18-31(38)22-12-27(41)17-28(42)13-22)36(53)49(2)30-6-8-34-24(15-30)20-44-51(34)4/h5-10,12-17,19-20,31-32,46H,11,18H2,1-4H3,(H2,45,47,54)/t31?,32-,38-/m0/s1. The van der Waals surface area contributed by atoms with E-state index < -0.39 is 75.2 Å². The van der Waals surface area contributed by atoms with Gasteiger partial charge in [-0.15, -0.1) is 0 Å². The van der Waals surface area contributed by atoms with Crippen molar-refractivity contribution < 1.29 is 40.4 Å². The van der Waals surface area contributed by atoms with Crippen molar-refractivity contribution in [3.8, 4) is 0 Å². The zero-order chi connectivity index (χ0) is 41.0. The number of aryl methyl sites for hydroxylation is 2. The molecule has 2 heterocycles. The summed E-state index contributed by atoms with van der Waals surface area (Å²) in [5.74, 6) is -6.36. The van der Waals surface area contributed by atoms with Crippen LogP contribution in [-0.2, 0) is 40.3 Å². The molecule has 1 unspecified atom stereocenters. The fourth-order valence-corrected chi connectivity index (χ4v) is 7.99. The van der Waals surface area contributed by atoms with Crippen molar-refractivity contribution in [1.29, 1.82) is 0 Å². The number of aromatic nitrogens is 4. The summed E-state index contributed by atoms with van der Waals surface area (Å²) in [5.41, 5.74) is 0.325. The van der Waals surface area contributed by atoms with E-state index in [0.717, 1.165) is 40.2 Å². The van der Waals surface area contributed by atoms with E-state index in [-0.39, 0.29) is 17.5 Å². The Balaban J connectivity index is 1.15. The van der Waals surface area contributed by atoms with Gasteiger partial charge in [0.15, 0.2) is 0 Å². The predicted octanol–water partition coefficient (Wildman–Crippen LogP) is 4.31. The van der Waals surface area contributed by atoms with Gasteiger partial charge in [-0.1, -0.05) is 0 Å². The highest BCUT2D eigenvalue weighted by Gasteiger charge is 2.63. The summed E-state index contributed by atoms with van der Waals surface area (Å²) in [6, 6.07) is 12.0. The monoisotopic (exact) mass is 805 g/mol. The second-order valence-electron chi connectivity index (χ2n) is 13.9. The zero-order valence-electron chi connectivity index (χ0n) is 30.8. The number of urea groups is 1. The van der Waals surface area contributed by atoms with Gasteiger partial charge in [-0.05, 0) is 84.6 Å². The number of anilines is 2. The third-order valence-electron chi connectivity index (χ3n) is 10.0. The maximum absolute atomic E-state index is 14.3. The summed E-state index contributed by atoms with van der Waals surface area (Å²) in [5, 5.41) is 12.1. The van der Waals surface area contributed by atoms with Crippen molar-refractivity contribution in [3.05, 3.63) is 120 Å². The van der Waals surface area contributed by atoms with Crippen LogP contribution in [0, 0.1) is 23.3 Å². The molecule has 14 nitrogen and oxygen atoms in total. The summed E-state index contributed by atoms with van der Waals surface area (Å²) in [6.45, 7) is 0. The van der Waals surface area contributed by atoms with E-state index in [9.17, 15) is 40.4 Å². The summed E-state index contributed by atoms with van der Waals surface area (Å²) in [7, 11) is 1.28. The van der Waals surface area contributed by atoms with Crippen LogP contribution in [-0.4, -0.2) is 71.5 Å². The Morgan fingerprint density at radius 1 is 0.789 bits per heavy atom. The second-order valence-corrected chi connectivity index (χ2v) is 15.4. The van der Waals surface area contributed by atoms with Crippen molar-refractivity contribution in [2.75, 3.05) is 23.9 Å². The van der Waals surface area contributed by atoms with Crippen LogP contribution in [0.15, 0.2) is 85.2 Å². The molecule has 6 aromatic rings. The molecule has 1 saturated carbocycles. The number of likely N-dealkylation sites (N-methyl/N-ethyl adjacent to an activating group) is 2. The highest BCUT2D eigenvalue weighted by Crippen LogP contribution is 2.53. The summed E-state index contributed by atoms with van der Waals surface area (Å²) >= 11 is 0.